The van der Waals surface area contributed by atoms with Gasteiger partial charge in [0.2, 0.25) is 0 Å². The highest BCUT2D eigenvalue weighted by atomic mass is 19.1. The van der Waals surface area contributed by atoms with Crippen LogP contribution < -0.4 is 4.90 Å². The van der Waals surface area contributed by atoms with Crippen molar-refractivity contribution in [2.24, 2.45) is 0 Å². The molecule has 0 saturated carbocycles. The molecule has 0 radical (unpaired) electrons. The number of nitro groups is 1. The maximum Gasteiger partial charge on any atom is 0.270 e. The lowest BCUT2D eigenvalue weighted by Gasteiger charge is -2.37. The molecule has 1 aliphatic heterocycles. The van der Waals surface area contributed by atoms with E-state index in [0.29, 0.717) is 37.1 Å². The number of nitrogens with zero attached hydrogens (tertiary/aromatic N) is 4. The molecule has 1 aliphatic rings. The van der Waals surface area contributed by atoms with Crippen molar-refractivity contribution in [1.29, 1.82) is 0 Å². The van der Waals surface area contributed by atoms with E-state index >= 15 is 0 Å². The molecule has 6 nitrogen and oxygen atoms in total. The smallest absolute Gasteiger partial charge is 0.270 e. The second-order valence-corrected chi connectivity index (χ2v) is 10.4. The summed E-state index contributed by atoms with van der Waals surface area (Å²) in [6.45, 7) is 2.60. The Kier molecular flexibility index (Phi) is 6.14. The minimum absolute atomic E-state index is 0.000345. The Morgan fingerprint density at radius 1 is 0.821 bits per heavy atom. The van der Waals surface area contributed by atoms with Crippen molar-refractivity contribution in [3.8, 4) is 0 Å². The van der Waals surface area contributed by atoms with Crippen molar-refractivity contribution in [3.63, 3.8) is 0 Å². The molecule has 0 amide bonds. The van der Waals surface area contributed by atoms with Crippen LogP contribution >= 0.6 is 0 Å². The number of benzene rings is 4. The van der Waals surface area contributed by atoms with Gasteiger partial charge in [-0.3, -0.25) is 10.1 Å². The molecular formula is C32H29FN4O2. The molecule has 1 fully saturated rings. The van der Waals surface area contributed by atoms with Crippen LogP contribution in [0.3, 0.4) is 0 Å². The van der Waals surface area contributed by atoms with Gasteiger partial charge in [0.1, 0.15) is 11.2 Å². The van der Waals surface area contributed by atoms with E-state index in [4.69, 9.17) is 5.10 Å². The van der Waals surface area contributed by atoms with Crippen LogP contribution in [0, 0.1) is 10.1 Å². The number of rotatable bonds is 6. The van der Waals surface area contributed by atoms with Gasteiger partial charge in [0.25, 0.3) is 5.69 Å². The predicted octanol–water partition coefficient (Wildman–Crippen LogP) is 7.11. The molecule has 2 heterocycles. The second kappa shape index (κ2) is 9.66. The highest BCUT2D eigenvalue weighted by Crippen LogP contribution is 2.44. The average molecular weight is 521 g/mol. The van der Waals surface area contributed by atoms with Gasteiger partial charge < -0.3 is 4.90 Å². The van der Waals surface area contributed by atoms with Crippen LogP contribution in [-0.2, 0) is 5.54 Å². The Morgan fingerprint density at radius 3 is 1.77 bits per heavy atom. The Bertz CT molecular complexity index is 1510. The van der Waals surface area contributed by atoms with E-state index in [2.05, 4.69) is 41.3 Å². The van der Waals surface area contributed by atoms with Crippen LogP contribution in [0.25, 0.3) is 10.9 Å². The number of anilines is 1. The van der Waals surface area contributed by atoms with Gasteiger partial charge in [-0.25, -0.2) is 9.07 Å². The zero-order valence-corrected chi connectivity index (χ0v) is 21.7. The summed E-state index contributed by atoms with van der Waals surface area (Å²) < 4.78 is 16.8. The van der Waals surface area contributed by atoms with Gasteiger partial charge >= 0.3 is 0 Å². The van der Waals surface area contributed by atoms with Gasteiger partial charge in [-0.1, -0.05) is 91.0 Å². The minimum atomic E-state index is -1.23. The third-order valence-electron chi connectivity index (χ3n) is 7.85. The van der Waals surface area contributed by atoms with Crippen LogP contribution in [0.5, 0.6) is 0 Å². The van der Waals surface area contributed by atoms with Crippen LogP contribution in [-0.4, -0.2) is 33.5 Å². The molecule has 4 aromatic carbocycles. The van der Waals surface area contributed by atoms with Gasteiger partial charge in [-0.05, 0) is 42.5 Å². The van der Waals surface area contributed by atoms with Crippen LogP contribution in [0.2, 0.25) is 0 Å². The third-order valence-corrected chi connectivity index (χ3v) is 7.85. The van der Waals surface area contributed by atoms with Gasteiger partial charge in [0.15, 0.2) is 5.82 Å². The predicted molar refractivity (Wildman–Crippen MR) is 152 cm³/mol. The van der Waals surface area contributed by atoms with Gasteiger partial charge in [-0.2, -0.15) is 5.10 Å². The van der Waals surface area contributed by atoms with Crippen molar-refractivity contribution in [1.82, 2.24) is 9.78 Å². The van der Waals surface area contributed by atoms with E-state index in [0.717, 1.165) is 22.2 Å². The lowest BCUT2D eigenvalue weighted by atomic mass is 9.77. The van der Waals surface area contributed by atoms with Gasteiger partial charge in [0, 0.05) is 25.2 Å². The second-order valence-electron chi connectivity index (χ2n) is 10.4. The van der Waals surface area contributed by atoms with Crippen molar-refractivity contribution in [3.05, 3.63) is 136 Å². The monoisotopic (exact) mass is 520 g/mol. The summed E-state index contributed by atoms with van der Waals surface area (Å²) in [6.07, 6.45) is 0.745. The summed E-state index contributed by atoms with van der Waals surface area (Å²) >= 11 is 0. The molecule has 196 valence electrons. The van der Waals surface area contributed by atoms with E-state index in [1.807, 2.05) is 59.3 Å². The number of nitro benzene ring substituents is 1. The molecule has 39 heavy (non-hydrogen) atoms. The number of halogens is 1. The molecule has 0 bridgehead atoms. The molecular weight excluding hydrogens is 491 g/mol. The standard InChI is InChI=1S/C32H29FN4O2/c1-31(33)19-21-35(22-20-31)30-28-23-27(37(38)39)17-18-29(28)36(34-30)32(24-11-5-2-6-12-24,25-13-7-3-8-14-25)26-15-9-4-10-16-26/h2-18,23H,19-22H2,1H3. The van der Waals surface area contributed by atoms with E-state index in [1.165, 1.54) is 6.07 Å². The normalized spacial score (nSPS) is 15.4. The molecule has 0 unspecified atom stereocenters. The Balaban J connectivity index is 1.71. The molecule has 6 rings (SSSR count). The molecule has 0 aliphatic carbocycles. The first-order valence-corrected chi connectivity index (χ1v) is 13.2. The van der Waals surface area contributed by atoms with Gasteiger partial charge in [-0.15, -0.1) is 0 Å². The van der Waals surface area contributed by atoms with Crippen LogP contribution in [0.15, 0.2) is 109 Å². The van der Waals surface area contributed by atoms with E-state index < -0.39 is 11.2 Å². The molecule has 1 aromatic heterocycles. The average Bonchev–Trinajstić information content (AvgIpc) is 3.34. The maximum atomic E-state index is 14.8. The number of alkyl halides is 1. The Labute approximate surface area is 226 Å². The molecule has 7 heteroatoms. The molecule has 0 spiro atoms. The number of hydrogen-bond acceptors (Lipinski definition) is 4. The first-order chi connectivity index (χ1) is 18.9. The molecule has 0 atom stereocenters. The zero-order valence-electron chi connectivity index (χ0n) is 21.7. The Morgan fingerprint density at radius 2 is 1.31 bits per heavy atom. The first kappa shape index (κ1) is 24.8. The fourth-order valence-corrected chi connectivity index (χ4v) is 5.78. The number of hydrogen-bond donors (Lipinski definition) is 0. The van der Waals surface area contributed by atoms with Crippen LogP contribution in [0.4, 0.5) is 15.9 Å². The largest absolute Gasteiger partial charge is 0.354 e. The zero-order chi connectivity index (χ0) is 27.0. The summed E-state index contributed by atoms with van der Waals surface area (Å²) in [6, 6.07) is 35.5. The third kappa shape index (κ3) is 4.24. The molecule has 0 N–H and O–H groups in total. The fraction of sp³-hybridized carbons (Fsp3) is 0.219. The summed E-state index contributed by atoms with van der Waals surface area (Å²) in [5.74, 6) is 0.636. The Hall–Kier alpha value is -4.52. The lowest BCUT2D eigenvalue weighted by molar-refractivity contribution is -0.384. The van der Waals surface area contributed by atoms with E-state index in [1.54, 1.807) is 19.1 Å². The van der Waals surface area contributed by atoms with Gasteiger partial charge in [0.05, 0.1) is 15.8 Å². The summed E-state index contributed by atoms with van der Waals surface area (Å²) in [5, 5.41) is 17.7. The maximum absolute atomic E-state index is 14.8. The van der Waals surface area contributed by atoms with Crippen molar-refractivity contribution < 1.29 is 9.31 Å². The van der Waals surface area contributed by atoms with Crippen LogP contribution in [0.1, 0.15) is 36.5 Å². The SMILES string of the molecule is CC1(F)CCN(c2nn(C(c3ccccc3)(c3ccccc3)c3ccccc3)c3ccc([N+](=O)[O-])cc23)CC1. The quantitative estimate of drug-likeness (QED) is 0.136. The number of non-ortho nitro benzene ring substituents is 1. The lowest BCUT2D eigenvalue weighted by Crippen LogP contribution is -2.41. The number of piperidine rings is 1. The number of aromatic nitrogens is 2. The minimum Gasteiger partial charge on any atom is -0.354 e. The van der Waals surface area contributed by atoms with E-state index in [-0.39, 0.29) is 10.6 Å². The summed E-state index contributed by atoms with van der Waals surface area (Å²) in [5.41, 5.74) is 1.68. The first-order valence-electron chi connectivity index (χ1n) is 13.2. The summed E-state index contributed by atoms with van der Waals surface area (Å²) in [7, 11) is 0. The topological polar surface area (TPSA) is 64.2 Å². The molecule has 5 aromatic rings. The van der Waals surface area contributed by atoms with Crippen molar-refractivity contribution in [2.75, 3.05) is 18.0 Å². The van der Waals surface area contributed by atoms with Crippen molar-refractivity contribution in [2.45, 2.75) is 31.0 Å². The number of fused-ring (bicyclic) bond motifs is 1. The highest BCUT2D eigenvalue weighted by molar-refractivity contribution is 5.93. The van der Waals surface area contributed by atoms with Crippen molar-refractivity contribution >= 4 is 22.4 Å². The highest BCUT2D eigenvalue weighted by Gasteiger charge is 2.42. The summed E-state index contributed by atoms with van der Waals surface area (Å²) in [4.78, 5) is 13.5. The fourth-order valence-electron chi connectivity index (χ4n) is 5.78. The molecule has 1 saturated heterocycles. The van der Waals surface area contributed by atoms with E-state index in [9.17, 15) is 14.5 Å².